The Labute approximate surface area is 65.8 Å². The highest BCUT2D eigenvalue weighted by atomic mass is 16.7. The lowest BCUT2D eigenvalue weighted by atomic mass is 10.1. The van der Waals surface area contributed by atoms with Gasteiger partial charge < -0.3 is 9.84 Å². The zero-order valence-electron chi connectivity index (χ0n) is 6.62. The van der Waals surface area contributed by atoms with Crippen LogP contribution in [0.5, 0.6) is 0 Å². The SMILES string of the molecule is CCCN1CC(OC(=O)O)C1. The lowest BCUT2D eigenvalue weighted by Crippen LogP contribution is -2.52. The van der Waals surface area contributed by atoms with E-state index in [0.717, 1.165) is 26.1 Å². The Bertz CT molecular complexity index is 143. The molecule has 0 spiro atoms. The van der Waals surface area contributed by atoms with Crippen LogP contribution in [0.25, 0.3) is 0 Å². The zero-order chi connectivity index (χ0) is 8.27. The van der Waals surface area contributed by atoms with E-state index in [2.05, 4.69) is 16.6 Å². The molecule has 0 radical (unpaired) electrons. The minimum absolute atomic E-state index is 0.0842. The van der Waals surface area contributed by atoms with Gasteiger partial charge >= 0.3 is 6.16 Å². The third kappa shape index (κ3) is 2.38. The van der Waals surface area contributed by atoms with Crippen molar-refractivity contribution < 1.29 is 14.6 Å². The molecular formula is C7H13NO3. The van der Waals surface area contributed by atoms with Crippen molar-refractivity contribution in [1.29, 1.82) is 0 Å². The smallest absolute Gasteiger partial charge is 0.450 e. The maximum atomic E-state index is 10.0. The van der Waals surface area contributed by atoms with Gasteiger partial charge in [-0.15, -0.1) is 0 Å². The van der Waals surface area contributed by atoms with Crippen molar-refractivity contribution in [3.05, 3.63) is 0 Å². The van der Waals surface area contributed by atoms with Gasteiger partial charge in [0.25, 0.3) is 0 Å². The molecule has 0 amide bonds. The molecule has 0 saturated carbocycles. The molecule has 1 aliphatic heterocycles. The Morgan fingerprint density at radius 3 is 2.82 bits per heavy atom. The molecule has 4 nitrogen and oxygen atoms in total. The Morgan fingerprint density at radius 1 is 1.73 bits per heavy atom. The van der Waals surface area contributed by atoms with Gasteiger partial charge in [0.2, 0.25) is 0 Å². The van der Waals surface area contributed by atoms with Crippen LogP contribution in [0.3, 0.4) is 0 Å². The lowest BCUT2D eigenvalue weighted by molar-refractivity contribution is -0.0326. The van der Waals surface area contributed by atoms with Crippen molar-refractivity contribution in [2.75, 3.05) is 19.6 Å². The third-order valence-electron chi connectivity index (χ3n) is 1.73. The van der Waals surface area contributed by atoms with E-state index in [1.165, 1.54) is 0 Å². The normalized spacial score (nSPS) is 19.4. The van der Waals surface area contributed by atoms with Gasteiger partial charge in [0.05, 0.1) is 0 Å². The Hall–Kier alpha value is -0.770. The van der Waals surface area contributed by atoms with Crippen molar-refractivity contribution >= 4 is 6.16 Å². The summed E-state index contributed by atoms with van der Waals surface area (Å²) in [7, 11) is 0. The summed E-state index contributed by atoms with van der Waals surface area (Å²) < 4.78 is 4.54. The summed E-state index contributed by atoms with van der Waals surface area (Å²) >= 11 is 0. The second-order valence-electron chi connectivity index (χ2n) is 2.77. The summed E-state index contributed by atoms with van der Waals surface area (Å²) in [5.74, 6) is 0. The van der Waals surface area contributed by atoms with E-state index in [4.69, 9.17) is 5.11 Å². The first kappa shape index (κ1) is 8.33. The molecule has 0 aromatic carbocycles. The van der Waals surface area contributed by atoms with Crippen LogP contribution in [0, 0.1) is 0 Å². The number of ether oxygens (including phenoxy) is 1. The maximum absolute atomic E-state index is 10.0. The molecule has 1 saturated heterocycles. The predicted octanol–water partition coefficient (Wildman–Crippen LogP) is 0.775. The van der Waals surface area contributed by atoms with Crippen LogP contribution >= 0.6 is 0 Å². The summed E-state index contributed by atoms with van der Waals surface area (Å²) in [6.07, 6.45) is -0.134. The standard InChI is InChI=1S/C7H13NO3/c1-2-3-8-4-6(5-8)11-7(9)10/h6H,2-5H2,1H3,(H,9,10). The van der Waals surface area contributed by atoms with Crippen molar-refractivity contribution in [2.45, 2.75) is 19.4 Å². The monoisotopic (exact) mass is 159 g/mol. The first-order valence-corrected chi connectivity index (χ1v) is 3.84. The van der Waals surface area contributed by atoms with E-state index >= 15 is 0 Å². The van der Waals surface area contributed by atoms with Crippen molar-refractivity contribution in [1.82, 2.24) is 4.90 Å². The highest BCUT2D eigenvalue weighted by Gasteiger charge is 2.28. The van der Waals surface area contributed by atoms with Crippen LogP contribution in [-0.4, -0.2) is 41.9 Å². The van der Waals surface area contributed by atoms with E-state index < -0.39 is 6.16 Å². The molecular weight excluding hydrogens is 146 g/mol. The van der Waals surface area contributed by atoms with Crippen molar-refractivity contribution in [2.24, 2.45) is 0 Å². The molecule has 0 aromatic heterocycles. The second kappa shape index (κ2) is 3.57. The number of hydrogen-bond donors (Lipinski definition) is 1. The fraction of sp³-hybridized carbons (Fsp3) is 0.857. The average Bonchev–Trinajstić information content (AvgIpc) is 1.82. The zero-order valence-corrected chi connectivity index (χ0v) is 6.62. The summed E-state index contributed by atoms with van der Waals surface area (Å²) in [4.78, 5) is 12.2. The van der Waals surface area contributed by atoms with E-state index in [-0.39, 0.29) is 6.10 Å². The molecule has 0 unspecified atom stereocenters. The summed E-state index contributed by atoms with van der Waals surface area (Å²) in [6, 6.07) is 0. The molecule has 1 aliphatic rings. The number of carbonyl (C=O) groups is 1. The van der Waals surface area contributed by atoms with Crippen molar-refractivity contribution in [3.63, 3.8) is 0 Å². The number of rotatable bonds is 3. The second-order valence-corrected chi connectivity index (χ2v) is 2.77. The molecule has 0 bridgehead atoms. The Kier molecular flexibility index (Phi) is 2.70. The van der Waals surface area contributed by atoms with Crippen LogP contribution in [-0.2, 0) is 4.74 Å². The molecule has 1 heterocycles. The average molecular weight is 159 g/mol. The number of hydrogen-bond acceptors (Lipinski definition) is 3. The van der Waals surface area contributed by atoms with Gasteiger partial charge in [-0.3, -0.25) is 4.90 Å². The minimum atomic E-state index is -1.16. The van der Waals surface area contributed by atoms with Gasteiger partial charge in [0.1, 0.15) is 6.10 Å². The molecule has 0 atom stereocenters. The maximum Gasteiger partial charge on any atom is 0.506 e. The molecule has 0 aromatic rings. The van der Waals surface area contributed by atoms with Crippen LogP contribution < -0.4 is 0 Å². The summed E-state index contributed by atoms with van der Waals surface area (Å²) in [6.45, 7) is 4.67. The number of carboxylic acid groups (broad SMARTS) is 1. The van der Waals surface area contributed by atoms with E-state index in [1.807, 2.05) is 0 Å². The Balaban J connectivity index is 2.04. The van der Waals surface area contributed by atoms with Gasteiger partial charge in [0.15, 0.2) is 0 Å². The van der Waals surface area contributed by atoms with Gasteiger partial charge in [0, 0.05) is 13.1 Å². The van der Waals surface area contributed by atoms with Crippen LogP contribution in [0.4, 0.5) is 4.79 Å². The molecule has 11 heavy (non-hydrogen) atoms. The summed E-state index contributed by atoms with van der Waals surface area (Å²) in [5.41, 5.74) is 0. The largest absolute Gasteiger partial charge is 0.506 e. The van der Waals surface area contributed by atoms with Gasteiger partial charge in [-0.2, -0.15) is 0 Å². The molecule has 1 N–H and O–H groups in total. The van der Waals surface area contributed by atoms with Gasteiger partial charge in [-0.1, -0.05) is 6.92 Å². The van der Waals surface area contributed by atoms with Crippen LogP contribution in [0.2, 0.25) is 0 Å². The first-order chi connectivity index (χ1) is 5.22. The van der Waals surface area contributed by atoms with Gasteiger partial charge in [-0.25, -0.2) is 4.79 Å². The topological polar surface area (TPSA) is 49.8 Å². The lowest BCUT2D eigenvalue weighted by Gasteiger charge is -2.37. The van der Waals surface area contributed by atoms with E-state index in [1.54, 1.807) is 0 Å². The van der Waals surface area contributed by atoms with Gasteiger partial charge in [-0.05, 0) is 13.0 Å². The molecule has 0 aliphatic carbocycles. The fourth-order valence-corrected chi connectivity index (χ4v) is 1.24. The molecule has 1 rings (SSSR count). The van der Waals surface area contributed by atoms with Crippen molar-refractivity contribution in [3.8, 4) is 0 Å². The third-order valence-corrected chi connectivity index (χ3v) is 1.73. The van der Waals surface area contributed by atoms with Crippen LogP contribution in [0.1, 0.15) is 13.3 Å². The fourth-order valence-electron chi connectivity index (χ4n) is 1.24. The first-order valence-electron chi connectivity index (χ1n) is 3.84. The molecule has 1 fully saturated rings. The molecule has 4 heteroatoms. The number of likely N-dealkylation sites (tertiary alicyclic amines) is 1. The number of nitrogens with zero attached hydrogens (tertiary/aromatic N) is 1. The highest BCUT2D eigenvalue weighted by molar-refractivity contribution is 5.57. The Morgan fingerprint density at radius 2 is 2.36 bits per heavy atom. The molecule has 64 valence electrons. The minimum Gasteiger partial charge on any atom is -0.450 e. The van der Waals surface area contributed by atoms with E-state index in [0.29, 0.717) is 0 Å². The highest BCUT2D eigenvalue weighted by Crippen LogP contribution is 2.11. The van der Waals surface area contributed by atoms with Crippen LogP contribution in [0.15, 0.2) is 0 Å². The summed E-state index contributed by atoms with van der Waals surface area (Å²) in [5, 5.41) is 8.22. The van der Waals surface area contributed by atoms with E-state index in [9.17, 15) is 4.79 Å². The predicted molar refractivity (Wildman–Crippen MR) is 39.6 cm³/mol. The quantitative estimate of drug-likeness (QED) is 0.618.